The average molecular weight is 263 g/mol. The Balaban J connectivity index is 1.90. The molecule has 0 aromatic carbocycles. The number of piperidine rings is 1. The zero-order valence-corrected chi connectivity index (χ0v) is 10.8. The number of alkyl halides is 1. The SMILES string of the molecule is O=S([O-])C(CN1CC[C@@H](F)C1)N1CCCCC1. The Bertz CT molecular complexity index is 274. The first kappa shape index (κ1) is 13.4. The van der Waals surface area contributed by atoms with E-state index in [2.05, 4.69) is 0 Å². The standard InChI is InChI=1S/C11H21FN2O2S/c12-10-4-7-13(8-10)9-11(17(15)16)14-5-2-1-3-6-14/h10-11H,1-9H2,(H,15,16)/p-1/t10-,11?/m1/s1. The van der Waals surface area contributed by atoms with E-state index in [1.807, 2.05) is 9.80 Å². The molecular weight excluding hydrogens is 243 g/mol. The maximum Gasteiger partial charge on any atom is 0.114 e. The van der Waals surface area contributed by atoms with Gasteiger partial charge in [0.25, 0.3) is 0 Å². The van der Waals surface area contributed by atoms with Crippen molar-refractivity contribution < 1.29 is 13.2 Å². The molecular formula is C11H20FN2O2S-. The summed E-state index contributed by atoms with van der Waals surface area (Å²) in [6, 6.07) is 0. The van der Waals surface area contributed by atoms with Gasteiger partial charge in [-0.1, -0.05) is 6.42 Å². The molecule has 0 saturated carbocycles. The van der Waals surface area contributed by atoms with E-state index in [-0.39, 0.29) is 0 Å². The molecule has 0 N–H and O–H groups in total. The number of hydrogen-bond acceptors (Lipinski definition) is 4. The van der Waals surface area contributed by atoms with E-state index in [1.165, 1.54) is 6.42 Å². The van der Waals surface area contributed by atoms with Crippen molar-refractivity contribution in [3.63, 3.8) is 0 Å². The van der Waals surface area contributed by atoms with Crippen LogP contribution in [0.4, 0.5) is 4.39 Å². The molecule has 6 heteroatoms. The summed E-state index contributed by atoms with van der Waals surface area (Å²) in [5, 5.41) is -0.458. The third-order valence-electron chi connectivity index (χ3n) is 3.65. The molecule has 0 bridgehead atoms. The number of hydrogen-bond donors (Lipinski definition) is 0. The molecule has 0 aromatic rings. The van der Waals surface area contributed by atoms with Crippen LogP contribution in [0.3, 0.4) is 0 Å². The summed E-state index contributed by atoms with van der Waals surface area (Å²) >= 11 is -2.10. The van der Waals surface area contributed by atoms with E-state index in [4.69, 9.17) is 0 Å². The van der Waals surface area contributed by atoms with Crippen molar-refractivity contribution >= 4 is 11.1 Å². The number of halogens is 1. The minimum absolute atomic E-state index is 0.390. The molecule has 2 aliphatic heterocycles. The fourth-order valence-electron chi connectivity index (χ4n) is 2.68. The van der Waals surface area contributed by atoms with E-state index >= 15 is 0 Å². The highest BCUT2D eigenvalue weighted by atomic mass is 32.2. The zero-order valence-electron chi connectivity index (χ0n) is 10.0. The molecule has 17 heavy (non-hydrogen) atoms. The zero-order chi connectivity index (χ0) is 12.3. The molecule has 2 rings (SSSR count). The molecule has 0 spiro atoms. The number of nitrogens with zero attached hydrogens (tertiary/aromatic N) is 2. The molecule has 2 fully saturated rings. The third-order valence-corrected chi connectivity index (χ3v) is 4.54. The van der Waals surface area contributed by atoms with Gasteiger partial charge in [0.05, 0.1) is 5.37 Å². The lowest BCUT2D eigenvalue weighted by Crippen LogP contribution is -2.48. The maximum absolute atomic E-state index is 13.1. The highest BCUT2D eigenvalue weighted by Crippen LogP contribution is 2.18. The summed E-state index contributed by atoms with van der Waals surface area (Å²) < 4.78 is 35.7. The predicted molar refractivity (Wildman–Crippen MR) is 64.1 cm³/mol. The molecule has 100 valence electrons. The first-order valence-corrected chi connectivity index (χ1v) is 7.49. The summed E-state index contributed by atoms with van der Waals surface area (Å²) in [7, 11) is 0. The quantitative estimate of drug-likeness (QED) is 0.701. The van der Waals surface area contributed by atoms with Crippen LogP contribution < -0.4 is 0 Å². The second-order valence-electron chi connectivity index (χ2n) is 4.96. The van der Waals surface area contributed by atoms with E-state index in [0.29, 0.717) is 26.1 Å². The average Bonchev–Trinajstić information content (AvgIpc) is 2.73. The van der Waals surface area contributed by atoms with Gasteiger partial charge in [0.1, 0.15) is 6.17 Å². The summed E-state index contributed by atoms with van der Waals surface area (Å²) in [5.41, 5.74) is 0. The Hall–Kier alpha value is -0.0400. The van der Waals surface area contributed by atoms with Crippen molar-refractivity contribution in [2.24, 2.45) is 0 Å². The smallest absolute Gasteiger partial charge is 0.114 e. The van der Waals surface area contributed by atoms with E-state index < -0.39 is 22.6 Å². The summed E-state index contributed by atoms with van der Waals surface area (Å²) in [6.07, 6.45) is 3.08. The Kier molecular flexibility index (Phi) is 4.90. The Morgan fingerprint density at radius 3 is 2.53 bits per heavy atom. The van der Waals surface area contributed by atoms with Crippen LogP contribution in [0.2, 0.25) is 0 Å². The van der Waals surface area contributed by atoms with E-state index in [0.717, 1.165) is 25.9 Å². The van der Waals surface area contributed by atoms with Crippen LogP contribution in [0.15, 0.2) is 0 Å². The van der Waals surface area contributed by atoms with Crippen molar-refractivity contribution in [2.75, 3.05) is 32.7 Å². The van der Waals surface area contributed by atoms with Crippen LogP contribution in [-0.4, -0.2) is 62.8 Å². The molecule has 2 unspecified atom stereocenters. The highest BCUT2D eigenvalue weighted by molar-refractivity contribution is 7.79. The van der Waals surface area contributed by atoms with Crippen LogP contribution in [0, 0.1) is 0 Å². The molecule has 3 atom stereocenters. The van der Waals surface area contributed by atoms with Gasteiger partial charge in [-0.3, -0.25) is 14.0 Å². The predicted octanol–water partition coefficient (Wildman–Crippen LogP) is 0.721. The van der Waals surface area contributed by atoms with E-state index in [9.17, 15) is 13.2 Å². The largest absolute Gasteiger partial charge is 0.771 e. The van der Waals surface area contributed by atoms with Crippen molar-refractivity contribution in [1.29, 1.82) is 0 Å². The van der Waals surface area contributed by atoms with Gasteiger partial charge in [0.2, 0.25) is 0 Å². The number of rotatable bonds is 4. The second-order valence-corrected chi connectivity index (χ2v) is 6.02. The monoisotopic (exact) mass is 263 g/mol. The Labute approximate surface area is 104 Å². The van der Waals surface area contributed by atoms with Crippen molar-refractivity contribution in [2.45, 2.75) is 37.2 Å². The van der Waals surface area contributed by atoms with Crippen LogP contribution in [-0.2, 0) is 11.1 Å². The molecule has 0 amide bonds. The van der Waals surface area contributed by atoms with Gasteiger partial charge < -0.3 is 4.55 Å². The molecule has 0 aromatic heterocycles. The van der Waals surface area contributed by atoms with Crippen molar-refractivity contribution in [3.05, 3.63) is 0 Å². The first-order chi connectivity index (χ1) is 8.16. The van der Waals surface area contributed by atoms with Crippen LogP contribution >= 0.6 is 0 Å². The summed E-state index contributed by atoms with van der Waals surface area (Å²) in [6.45, 7) is 3.23. The van der Waals surface area contributed by atoms with Crippen molar-refractivity contribution in [1.82, 2.24) is 9.80 Å². The topological polar surface area (TPSA) is 46.6 Å². The van der Waals surface area contributed by atoms with Gasteiger partial charge in [0, 0.05) is 19.6 Å². The molecule has 4 nitrogen and oxygen atoms in total. The highest BCUT2D eigenvalue weighted by Gasteiger charge is 2.28. The minimum Gasteiger partial charge on any atom is -0.771 e. The fraction of sp³-hybridized carbons (Fsp3) is 1.00. The Morgan fingerprint density at radius 1 is 1.29 bits per heavy atom. The molecule has 0 radical (unpaired) electrons. The van der Waals surface area contributed by atoms with Gasteiger partial charge in [-0.2, -0.15) is 0 Å². The van der Waals surface area contributed by atoms with Gasteiger partial charge in [-0.15, -0.1) is 0 Å². The lowest BCUT2D eigenvalue weighted by atomic mass is 10.1. The van der Waals surface area contributed by atoms with Gasteiger partial charge in [-0.05, 0) is 43.4 Å². The fourth-order valence-corrected chi connectivity index (χ4v) is 3.46. The third kappa shape index (κ3) is 3.71. The van der Waals surface area contributed by atoms with Gasteiger partial charge in [-0.25, -0.2) is 4.39 Å². The molecule has 2 saturated heterocycles. The lowest BCUT2D eigenvalue weighted by Gasteiger charge is -2.37. The normalized spacial score (nSPS) is 31.5. The second kappa shape index (κ2) is 6.22. The summed E-state index contributed by atoms with van der Waals surface area (Å²) in [4.78, 5) is 3.96. The van der Waals surface area contributed by atoms with Crippen LogP contribution in [0.1, 0.15) is 25.7 Å². The van der Waals surface area contributed by atoms with Gasteiger partial charge >= 0.3 is 0 Å². The molecule has 0 aliphatic carbocycles. The summed E-state index contributed by atoms with van der Waals surface area (Å²) in [5.74, 6) is 0. The lowest BCUT2D eigenvalue weighted by molar-refractivity contribution is 0.164. The first-order valence-electron chi connectivity index (χ1n) is 6.35. The van der Waals surface area contributed by atoms with Crippen LogP contribution in [0.5, 0.6) is 0 Å². The number of likely N-dealkylation sites (tertiary alicyclic amines) is 2. The minimum atomic E-state index is -2.10. The van der Waals surface area contributed by atoms with Crippen LogP contribution in [0.25, 0.3) is 0 Å². The maximum atomic E-state index is 13.1. The van der Waals surface area contributed by atoms with E-state index in [1.54, 1.807) is 0 Å². The molecule has 2 heterocycles. The molecule has 2 aliphatic rings. The van der Waals surface area contributed by atoms with Gasteiger partial charge in [0.15, 0.2) is 0 Å². The Morgan fingerprint density at radius 2 is 2.00 bits per heavy atom. The van der Waals surface area contributed by atoms with Crippen molar-refractivity contribution in [3.8, 4) is 0 Å².